The molecule has 2 unspecified atom stereocenters. The van der Waals surface area contributed by atoms with E-state index in [1.165, 1.54) is 0 Å². The highest BCUT2D eigenvalue weighted by Gasteiger charge is 2.26. The lowest BCUT2D eigenvalue weighted by molar-refractivity contribution is -0.136. The number of benzene rings is 1. The van der Waals surface area contributed by atoms with Gasteiger partial charge in [-0.15, -0.1) is 0 Å². The first-order valence-corrected chi connectivity index (χ1v) is 7.24. The molecule has 4 heteroatoms. The van der Waals surface area contributed by atoms with Crippen LogP contribution >= 0.6 is 0 Å². The molecule has 4 nitrogen and oxygen atoms in total. The zero-order valence-corrected chi connectivity index (χ0v) is 12.2. The Morgan fingerprint density at radius 3 is 2.75 bits per heavy atom. The highest BCUT2D eigenvalue weighted by molar-refractivity contribution is 5.70. The van der Waals surface area contributed by atoms with Crippen LogP contribution in [-0.4, -0.2) is 41.3 Å². The average Bonchev–Trinajstić information content (AvgIpc) is 2.41. The third-order valence-corrected chi connectivity index (χ3v) is 3.89. The lowest BCUT2D eigenvalue weighted by atomic mass is 10.0. The maximum absolute atomic E-state index is 11.0. The molecule has 20 heavy (non-hydrogen) atoms. The van der Waals surface area contributed by atoms with E-state index in [9.17, 15) is 4.79 Å². The van der Waals surface area contributed by atoms with E-state index in [1.54, 1.807) is 0 Å². The molecule has 1 fully saturated rings. The van der Waals surface area contributed by atoms with Gasteiger partial charge in [-0.2, -0.15) is 0 Å². The van der Waals surface area contributed by atoms with Gasteiger partial charge in [0.15, 0.2) is 0 Å². The number of rotatable bonds is 5. The average molecular weight is 277 g/mol. The molecule has 2 atom stereocenters. The highest BCUT2D eigenvalue weighted by atomic mass is 16.5. The van der Waals surface area contributed by atoms with Crippen molar-refractivity contribution in [3.05, 3.63) is 35.4 Å². The van der Waals surface area contributed by atoms with Crippen LogP contribution in [0.4, 0.5) is 0 Å². The molecule has 0 radical (unpaired) electrons. The summed E-state index contributed by atoms with van der Waals surface area (Å²) in [4.78, 5) is 13.4. The quantitative estimate of drug-likeness (QED) is 0.897. The van der Waals surface area contributed by atoms with Crippen molar-refractivity contribution in [2.45, 2.75) is 45.4 Å². The summed E-state index contributed by atoms with van der Waals surface area (Å²) in [5, 5.41) is 9.00. The summed E-state index contributed by atoms with van der Waals surface area (Å²) in [6.07, 6.45) is 1.38. The first-order valence-electron chi connectivity index (χ1n) is 7.24. The van der Waals surface area contributed by atoms with Crippen LogP contribution in [0.2, 0.25) is 0 Å². The van der Waals surface area contributed by atoms with Gasteiger partial charge in [0.2, 0.25) is 0 Å². The second-order valence-electron chi connectivity index (χ2n) is 5.47. The van der Waals surface area contributed by atoms with Gasteiger partial charge in [0.25, 0.3) is 0 Å². The number of carboxylic acids is 1. The Labute approximate surface area is 120 Å². The molecule has 0 amide bonds. The van der Waals surface area contributed by atoms with Crippen LogP contribution in [0.1, 0.15) is 31.4 Å². The number of aliphatic carboxylic acids is 1. The predicted octanol–water partition coefficient (Wildman–Crippen LogP) is 2.31. The standard InChI is InChI=1S/C16H23NO3/c1-3-15-11-20-12(2)9-17(15)10-14-7-5-4-6-13(14)8-16(18)19/h4-7,12,15H,3,8-11H2,1-2H3,(H,18,19). The van der Waals surface area contributed by atoms with Crippen LogP contribution < -0.4 is 0 Å². The zero-order valence-electron chi connectivity index (χ0n) is 12.2. The smallest absolute Gasteiger partial charge is 0.307 e. The molecule has 1 saturated heterocycles. The van der Waals surface area contributed by atoms with Crippen molar-refractivity contribution in [1.82, 2.24) is 4.90 Å². The minimum absolute atomic E-state index is 0.0901. The molecular formula is C16H23NO3. The van der Waals surface area contributed by atoms with E-state index in [4.69, 9.17) is 9.84 Å². The molecule has 1 aromatic carbocycles. The van der Waals surface area contributed by atoms with Gasteiger partial charge in [-0.3, -0.25) is 9.69 Å². The van der Waals surface area contributed by atoms with Crippen molar-refractivity contribution in [2.75, 3.05) is 13.2 Å². The van der Waals surface area contributed by atoms with E-state index in [2.05, 4.69) is 18.7 Å². The zero-order chi connectivity index (χ0) is 14.5. The predicted molar refractivity (Wildman–Crippen MR) is 77.7 cm³/mol. The summed E-state index contributed by atoms with van der Waals surface area (Å²) >= 11 is 0. The summed E-state index contributed by atoms with van der Waals surface area (Å²) in [5.74, 6) is -0.778. The molecule has 1 aliphatic rings. The van der Waals surface area contributed by atoms with Gasteiger partial charge in [-0.05, 0) is 24.5 Å². The SMILES string of the molecule is CCC1COC(C)CN1Cc1ccccc1CC(=O)O. The molecule has 0 aromatic heterocycles. The molecule has 1 aromatic rings. The van der Waals surface area contributed by atoms with E-state index in [0.717, 1.165) is 37.2 Å². The minimum atomic E-state index is -0.778. The van der Waals surface area contributed by atoms with Crippen molar-refractivity contribution in [1.29, 1.82) is 0 Å². The van der Waals surface area contributed by atoms with Gasteiger partial charge in [0, 0.05) is 19.1 Å². The number of carbonyl (C=O) groups is 1. The van der Waals surface area contributed by atoms with Crippen molar-refractivity contribution in [2.24, 2.45) is 0 Å². The Morgan fingerprint density at radius 1 is 1.40 bits per heavy atom. The number of hydrogen-bond donors (Lipinski definition) is 1. The first-order chi connectivity index (χ1) is 9.60. The summed E-state index contributed by atoms with van der Waals surface area (Å²) in [7, 11) is 0. The van der Waals surface area contributed by atoms with E-state index >= 15 is 0 Å². The third kappa shape index (κ3) is 3.81. The summed E-state index contributed by atoms with van der Waals surface area (Å²) in [6.45, 7) is 6.72. The molecule has 1 N–H and O–H groups in total. The molecule has 2 rings (SSSR count). The Balaban J connectivity index is 2.13. The topological polar surface area (TPSA) is 49.8 Å². The summed E-state index contributed by atoms with van der Waals surface area (Å²) in [6, 6.07) is 8.25. The fraction of sp³-hybridized carbons (Fsp3) is 0.562. The summed E-state index contributed by atoms with van der Waals surface area (Å²) in [5.41, 5.74) is 2.02. The van der Waals surface area contributed by atoms with Gasteiger partial charge in [-0.1, -0.05) is 31.2 Å². The first kappa shape index (κ1) is 15.0. The van der Waals surface area contributed by atoms with Crippen LogP contribution in [0.3, 0.4) is 0 Å². The largest absolute Gasteiger partial charge is 0.481 e. The molecule has 0 aliphatic carbocycles. The molecule has 1 heterocycles. The molecular weight excluding hydrogens is 254 g/mol. The van der Waals surface area contributed by atoms with Gasteiger partial charge in [0.05, 0.1) is 19.1 Å². The number of carboxylic acid groups (broad SMARTS) is 1. The maximum atomic E-state index is 11.0. The van der Waals surface area contributed by atoms with Crippen LogP contribution in [0.5, 0.6) is 0 Å². The van der Waals surface area contributed by atoms with Crippen molar-refractivity contribution in [3.63, 3.8) is 0 Å². The van der Waals surface area contributed by atoms with Crippen LogP contribution in [0.25, 0.3) is 0 Å². The fourth-order valence-electron chi connectivity index (χ4n) is 2.75. The van der Waals surface area contributed by atoms with Gasteiger partial charge in [-0.25, -0.2) is 0 Å². The lowest BCUT2D eigenvalue weighted by Crippen LogP contribution is -2.48. The van der Waals surface area contributed by atoms with Gasteiger partial charge in [0.1, 0.15) is 0 Å². The van der Waals surface area contributed by atoms with Crippen molar-refractivity contribution < 1.29 is 14.6 Å². The molecule has 110 valence electrons. The number of nitrogens with zero attached hydrogens (tertiary/aromatic N) is 1. The monoisotopic (exact) mass is 277 g/mol. The Bertz CT molecular complexity index is 461. The fourth-order valence-corrected chi connectivity index (χ4v) is 2.75. The van der Waals surface area contributed by atoms with Crippen LogP contribution in [0.15, 0.2) is 24.3 Å². The lowest BCUT2D eigenvalue weighted by Gasteiger charge is -2.38. The van der Waals surface area contributed by atoms with Crippen LogP contribution in [-0.2, 0) is 22.5 Å². The second kappa shape index (κ2) is 6.86. The second-order valence-corrected chi connectivity index (χ2v) is 5.47. The van der Waals surface area contributed by atoms with Crippen LogP contribution in [0, 0.1) is 0 Å². The Morgan fingerprint density at radius 2 is 2.10 bits per heavy atom. The van der Waals surface area contributed by atoms with Gasteiger partial charge >= 0.3 is 5.97 Å². The number of morpholine rings is 1. The van der Waals surface area contributed by atoms with Gasteiger partial charge < -0.3 is 9.84 Å². The minimum Gasteiger partial charge on any atom is -0.481 e. The molecule has 0 saturated carbocycles. The van der Waals surface area contributed by atoms with E-state index in [-0.39, 0.29) is 12.5 Å². The van der Waals surface area contributed by atoms with E-state index in [1.807, 2.05) is 24.3 Å². The summed E-state index contributed by atoms with van der Waals surface area (Å²) < 4.78 is 5.71. The Hall–Kier alpha value is -1.39. The van der Waals surface area contributed by atoms with E-state index < -0.39 is 5.97 Å². The highest BCUT2D eigenvalue weighted by Crippen LogP contribution is 2.20. The Kier molecular flexibility index (Phi) is 5.15. The van der Waals surface area contributed by atoms with E-state index in [0.29, 0.717) is 6.04 Å². The molecule has 1 aliphatic heterocycles. The third-order valence-electron chi connectivity index (χ3n) is 3.89. The number of ether oxygens (including phenoxy) is 1. The van der Waals surface area contributed by atoms with Crippen molar-refractivity contribution >= 4 is 5.97 Å². The number of hydrogen-bond acceptors (Lipinski definition) is 3. The van der Waals surface area contributed by atoms with Crippen molar-refractivity contribution in [3.8, 4) is 0 Å². The maximum Gasteiger partial charge on any atom is 0.307 e. The normalized spacial score (nSPS) is 23.7. The molecule has 0 bridgehead atoms. The molecule has 0 spiro atoms.